The van der Waals surface area contributed by atoms with Crippen molar-refractivity contribution in [1.82, 2.24) is 4.57 Å². The Morgan fingerprint density at radius 3 is 1.87 bits per heavy atom. The lowest BCUT2D eigenvalue weighted by molar-refractivity contribution is 0.669. The summed E-state index contributed by atoms with van der Waals surface area (Å²) in [6, 6.07) is 60.1. The molecule has 7 aromatic carbocycles. The van der Waals surface area contributed by atoms with Gasteiger partial charge in [0.1, 0.15) is 5.58 Å². The van der Waals surface area contributed by atoms with E-state index >= 15 is 0 Å². The Balaban J connectivity index is 1.29. The van der Waals surface area contributed by atoms with Gasteiger partial charge in [0.15, 0.2) is 5.58 Å². The van der Waals surface area contributed by atoms with Gasteiger partial charge in [0, 0.05) is 38.6 Å². The molecule has 0 fully saturated rings. The number of hydrogen-bond donors (Lipinski definition) is 0. The highest BCUT2D eigenvalue weighted by atomic mass is 16.3. The minimum Gasteiger partial charge on any atom is -0.454 e. The van der Waals surface area contributed by atoms with Crippen molar-refractivity contribution >= 4 is 60.8 Å². The monoisotopic (exact) mass is 576 g/mol. The highest BCUT2D eigenvalue weighted by Gasteiger charge is 2.21. The fraction of sp³-hybridized carbons (Fsp3) is 0. The van der Waals surface area contributed by atoms with E-state index in [-0.39, 0.29) is 0 Å². The van der Waals surface area contributed by atoms with Crippen LogP contribution in [-0.2, 0) is 0 Å². The van der Waals surface area contributed by atoms with Crippen molar-refractivity contribution in [1.29, 1.82) is 0 Å². The van der Waals surface area contributed by atoms with Crippen molar-refractivity contribution in [3.8, 4) is 16.8 Å². The van der Waals surface area contributed by atoms with E-state index in [0.717, 1.165) is 44.7 Å². The Morgan fingerprint density at radius 2 is 1.04 bits per heavy atom. The van der Waals surface area contributed by atoms with Gasteiger partial charge in [0.05, 0.1) is 16.7 Å². The number of aromatic nitrogens is 1. The van der Waals surface area contributed by atoms with Gasteiger partial charge in [0.25, 0.3) is 0 Å². The van der Waals surface area contributed by atoms with Crippen molar-refractivity contribution < 1.29 is 4.42 Å². The molecule has 0 amide bonds. The SMILES string of the molecule is c1ccc(-c2ccc(N(c3ccc4c(c3)c3ccccc3n4-c3ccccc3)c3cccc4c3oc3ccccc34)cc2)cc1. The molecule has 0 bridgehead atoms. The molecule has 3 heteroatoms. The van der Waals surface area contributed by atoms with Crippen molar-refractivity contribution in [3.05, 3.63) is 170 Å². The van der Waals surface area contributed by atoms with Crippen LogP contribution >= 0.6 is 0 Å². The van der Waals surface area contributed by atoms with Gasteiger partial charge in [-0.2, -0.15) is 0 Å². The van der Waals surface area contributed by atoms with E-state index in [1.165, 1.54) is 32.9 Å². The first-order valence-electron chi connectivity index (χ1n) is 15.3. The summed E-state index contributed by atoms with van der Waals surface area (Å²) in [5.41, 5.74) is 10.8. The van der Waals surface area contributed by atoms with E-state index in [2.05, 4.69) is 167 Å². The van der Waals surface area contributed by atoms with Crippen LogP contribution < -0.4 is 4.90 Å². The lowest BCUT2D eigenvalue weighted by atomic mass is 10.0. The Kier molecular flexibility index (Phi) is 5.82. The van der Waals surface area contributed by atoms with E-state index < -0.39 is 0 Å². The molecule has 0 unspecified atom stereocenters. The molecule has 9 aromatic rings. The summed E-state index contributed by atoms with van der Waals surface area (Å²) >= 11 is 0. The number of fused-ring (bicyclic) bond motifs is 6. The molecule has 0 N–H and O–H groups in total. The summed E-state index contributed by atoms with van der Waals surface area (Å²) in [5.74, 6) is 0. The third-order valence-corrected chi connectivity index (χ3v) is 8.79. The molecule has 0 saturated carbocycles. The number of hydrogen-bond acceptors (Lipinski definition) is 2. The summed E-state index contributed by atoms with van der Waals surface area (Å²) in [6.07, 6.45) is 0. The second-order valence-corrected chi connectivity index (χ2v) is 11.4. The quantitative estimate of drug-likeness (QED) is 0.203. The average molecular weight is 577 g/mol. The van der Waals surface area contributed by atoms with Gasteiger partial charge in [-0.25, -0.2) is 0 Å². The number of para-hydroxylation sites is 4. The molecule has 0 aliphatic heterocycles. The van der Waals surface area contributed by atoms with Crippen LogP contribution in [0.1, 0.15) is 0 Å². The van der Waals surface area contributed by atoms with Crippen molar-refractivity contribution in [2.45, 2.75) is 0 Å². The Bertz CT molecular complexity index is 2470. The number of nitrogens with zero attached hydrogens (tertiary/aromatic N) is 2. The lowest BCUT2D eigenvalue weighted by Crippen LogP contribution is -2.10. The van der Waals surface area contributed by atoms with Gasteiger partial charge in [-0.1, -0.05) is 109 Å². The third kappa shape index (κ3) is 4.13. The maximum atomic E-state index is 6.57. The second kappa shape index (κ2) is 10.3. The minimum absolute atomic E-state index is 0.873. The molecule has 45 heavy (non-hydrogen) atoms. The van der Waals surface area contributed by atoms with Crippen molar-refractivity contribution in [3.63, 3.8) is 0 Å². The molecule has 2 aromatic heterocycles. The predicted octanol–water partition coefficient (Wildman–Crippen LogP) is 11.8. The first kappa shape index (κ1) is 25.4. The van der Waals surface area contributed by atoms with Crippen LogP contribution in [0.15, 0.2) is 174 Å². The summed E-state index contributed by atoms with van der Waals surface area (Å²) in [5, 5.41) is 4.65. The van der Waals surface area contributed by atoms with E-state index in [0.29, 0.717) is 0 Å². The van der Waals surface area contributed by atoms with Gasteiger partial charge in [-0.15, -0.1) is 0 Å². The molecule has 2 heterocycles. The first-order valence-corrected chi connectivity index (χ1v) is 15.3. The minimum atomic E-state index is 0.873. The molecule has 0 aliphatic rings. The molecule has 9 rings (SSSR count). The molecule has 0 spiro atoms. The normalized spacial score (nSPS) is 11.6. The van der Waals surface area contributed by atoms with Gasteiger partial charge >= 0.3 is 0 Å². The summed E-state index contributed by atoms with van der Waals surface area (Å²) < 4.78 is 8.93. The third-order valence-electron chi connectivity index (χ3n) is 8.79. The highest BCUT2D eigenvalue weighted by Crippen LogP contribution is 2.44. The summed E-state index contributed by atoms with van der Waals surface area (Å²) in [7, 11) is 0. The molecule has 3 nitrogen and oxygen atoms in total. The maximum absolute atomic E-state index is 6.57. The van der Waals surface area contributed by atoms with E-state index in [4.69, 9.17) is 4.42 Å². The summed E-state index contributed by atoms with van der Waals surface area (Å²) in [4.78, 5) is 2.33. The Labute approximate surface area is 260 Å². The molecule has 212 valence electrons. The van der Waals surface area contributed by atoms with Crippen molar-refractivity contribution in [2.24, 2.45) is 0 Å². The molecule has 0 radical (unpaired) electrons. The largest absolute Gasteiger partial charge is 0.454 e. The van der Waals surface area contributed by atoms with Crippen molar-refractivity contribution in [2.75, 3.05) is 4.90 Å². The number of furan rings is 1. The first-order chi connectivity index (χ1) is 22.3. The van der Waals surface area contributed by atoms with E-state index in [9.17, 15) is 0 Å². The number of benzene rings is 7. The van der Waals surface area contributed by atoms with Crippen LogP contribution in [-0.4, -0.2) is 4.57 Å². The van der Waals surface area contributed by atoms with Gasteiger partial charge in [-0.3, -0.25) is 0 Å². The van der Waals surface area contributed by atoms with E-state index in [1.807, 2.05) is 12.1 Å². The summed E-state index contributed by atoms with van der Waals surface area (Å²) in [6.45, 7) is 0. The maximum Gasteiger partial charge on any atom is 0.159 e. The zero-order valence-corrected chi connectivity index (χ0v) is 24.5. The van der Waals surface area contributed by atoms with Gasteiger partial charge < -0.3 is 13.9 Å². The van der Waals surface area contributed by atoms with Gasteiger partial charge in [0.2, 0.25) is 0 Å². The molecular formula is C42H28N2O. The Morgan fingerprint density at radius 1 is 0.422 bits per heavy atom. The lowest BCUT2D eigenvalue weighted by Gasteiger charge is -2.26. The average Bonchev–Trinajstić information content (AvgIpc) is 3.66. The Hall–Kier alpha value is -6.06. The number of anilines is 3. The van der Waals surface area contributed by atoms with Crippen LogP contribution in [0.25, 0.3) is 60.6 Å². The topological polar surface area (TPSA) is 21.3 Å². The molecular weight excluding hydrogens is 548 g/mol. The standard InChI is InChI=1S/C42H28N2O/c1-3-12-29(13-4-1)30-22-24-32(25-23-30)43(40-20-11-18-36-35-17-8-10-21-41(35)45-42(36)40)33-26-27-39-37(28-33)34-16-7-9-19-38(34)44(39)31-14-5-2-6-15-31/h1-28H. The number of rotatable bonds is 5. The van der Waals surface area contributed by atoms with Crippen LogP contribution in [0.5, 0.6) is 0 Å². The van der Waals surface area contributed by atoms with Crippen LogP contribution in [0.4, 0.5) is 17.1 Å². The van der Waals surface area contributed by atoms with Crippen LogP contribution in [0, 0.1) is 0 Å². The zero-order chi connectivity index (χ0) is 29.7. The zero-order valence-electron chi connectivity index (χ0n) is 24.5. The van der Waals surface area contributed by atoms with Crippen LogP contribution in [0.2, 0.25) is 0 Å². The van der Waals surface area contributed by atoms with Gasteiger partial charge in [-0.05, 0) is 71.8 Å². The highest BCUT2D eigenvalue weighted by molar-refractivity contribution is 6.13. The molecule has 0 saturated heterocycles. The fourth-order valence-corrected chi connectivity index (χ4v) is 6.72. The molecule has 0 atom stereocenters. The predicted molar refractivity (Wildman–Crippen MR) is 188 cm³/mol. The molecule has 0 aliphatic carbocycles. The second-order valence-electron chi connectivity index (χ2n) is 11.4. The fourth-order valence-electron chi connectivity index (χ4n) is 6.72. The van der Waals surface area contributed by atoms with Crippen LogP contribution in [0.3, 0.4) is 0 Å². The smallest absolute Gasteiger partial charge is 0.159 e. The van der Waals surface area contributed by atoms with E-state index in [1.54, 1.807) is 0 Å².